The first-order chi connectivity index (χ1) is 19.2. The van der Waals surface area contributed by atoms with Crippen molar-refractivity contribution in [2.75, 3.05) is 6.61 Å². The summed E-state index contributed by atoms with van der Waals surface area (Å²) in [6.07, 6.45) is 6.19. The minimum Gasteiger partial charge on any atom is -0.487 e. The number of pyridine rings is 1. The van der Waals surface area contributed by atoms with Gasteiger partial charge in [0.05, 0.1) is 34.4 Å². The van der Waals surface area contributed by atoms with Crippen molar-refractivity contribution in [3.05, 3.63) is 70.9 Å². The van der Waals surface area contributed by atoms with Crippen LogP contribution >= 0.6 is 11.6 Å². The zero-order valence-electron chi connectivity index (χ0n) is 21.4. The van der Waals surface area contributed by atoms with E-state index >= 15 is 0 Å². The highest BCUT2D eigenvalue weighted by Crippen LogP contribution is 2.44. The Bertz CT molecular complexity index is 1740. The van der Waals surface area contributed by atoms with Crippen LogP contribution in [0.25, 0.3) is 39.0 Å². The molecule has 0 spiro atoms. The third-order valence-electron chi connectivity index (χ3n) is 6.78. The number of carboxylic acids is 1. The number of halogens is 3. The van der Waals surface area contributed by atoms with E-state index in [4.69, 9.17) is 25.8 Å². The fraction of sp³-hybridized carbons (Fsp3) is 0.250. The van der Waals surface area contributed by atoms with E-state index in [1.54, 1.807) is 36.3 Å². The second-order valence-electron chi connectivity index (χ2n) is 9.62. The quantitative estimate of drug-likeness (QED) is 0.223. The number of aryl methyl sites for hydroxylation is 2. The van der Waals surface area contributed by atoms with Gasteiger partial charge in [0.1, 0.15) is 29.6 Å². The molecule has 0 aliphatic heterocycles. The Morgan fingerprint density at radius 1 is 1.15 bits per heavy atom. The Morgan fingerprint density at radius 3 is 2.52 bits per heavy atom. The molecule has 1 aliphatic carbocycles. The van der Waals surface area contributed by atoms with Crippen LogP contribution in [0.4, 0.5) is 8.78 Å². The first-order valence-electron chi connectivity index (χ1n) is 12.5. The Hall–Kier alpha value is -4.38. The van der Waals surface area contributed by atoms with Crippen LogP contribution in [0.1, 0.15) is 46.4 Å². The third-order valence-corrected chi connectivity index (χ3v) is 7.08. The maximum Gasteiger partial charge on any atom is 0.335 e. The Morgan fingerprint density at radius 2 is 1.90 bits per heavy atom. The summed E-state index contributed by atoms with van der Waals surface area (Å²) in [5.41, 5.74) is 3.87. The molecule has 0 radical (unpaired) electrons. The van der Waals surface area contributed by atoms with E-state index in [1.165, 1.54) is 12.1 Å². The molecule has 204 valence electrons. The van der Waals surface area contributed by atoms with Gasteiger partial charge in [0.15, 0.2) is 0 Å². The van der Waals surface area contributed by atoms with Crippen LogP contribution in [-0.2, 0) is 0 Å². The second kappa shape index (κ2) is 9.98. The number of carboxylic acid groups (broad SMARTS) is 1. The molecule has 0 unspecified atom stereocenters. The van der Waals surface area contributed by atoms with E-state index in [1.807, 2.05) is 13.0 Å². The van der Waals surface area contributed by atoms with E-state index in [-0.39, 0.29) is 21.9 Å². The highest BCUT2D eigenvalue weighted by molar-refractivity contribution is 6.34. The first-order valence-corrected chi connectivity index (χ1v) is 12.8. The van der Waals surface area contributed by atoms with Gasteiger partial charge in [-0.05, 0) is 44.9 Å². The van der Waals surface area contributed by atoms with Gasteiger partial charge >= 0.3 is 5.97 Å². The van der Waals surface area contributed by atoms with E-state index < -0.39 is 19.0 Å². The van der Waals surface area contributed by atoms with Crippen molar-refractivity contribution in [3.63, 3.8) is 0 Å². The van der Waals surface area contributed by atoms with E-state index in [9.17, 15) is 18.7 Å². The SMILES string of the molecule is Cc1noc(C)c1-c1cnc2c(c1)c(-c1c(Cl)cc(C(=O)O)cc1OCC(F)F)cn2-c1cnc(C2CC2)nc1. The van der Waals surface area contributed by atoms with E-state index in [2.05, 4.69) is 15.1 Å². The van der Waals surface area contributed by atoms with Gasteiger partial charge in [-0.15, -0.1) is 0 Å². The molecule has 0 saturated heterocycles. The molecule has 5 aromatic rings. The topological polar surface area (TPSA) is 116 Å². The maximum atomic E-state index is 13.2. The maximum absolute atomic E-state index is 13.2. The smallest absolute Gasteiger partial charge is 0.335 e. The molecule has 1 N–H and O–H groups in total. The molecule has 1 aromatic carbocycles. The number of benzene rings is 1. The number of fused-ring (bicyclic) bond motifs is 1. The molecule has 1 saturated carbocycles. The third kappa shape index (κ3) is 4.66. The minimum absolute atomic E-state index is 0.0197. The van der Waals surface area contributed by atoms with Gasteiger partial charge in [0.2, 0.25) is 0 Å². The predicted molar refractivity (Wildman–Crippen MR) is 143 cm³/mol. The van der Waals surface area contributed by atoms with E-state index in [0.29, 0.717) is 39.7 Å². The monoisotopic (exact) mass is 565 g/mol. The number of alkyl halides is 2. The van der Waals surface area contributed by atoms with Crippen LogP contribution in [0, 0.1) is 13.8 Å². The van der Waals surface area contributed by atoms with Gasteiger partial charge in [-0.2, -0.15) is 0 Å². The van der Waals surface area contributed by atoms with Crippen molar-refractivity contribution in [3.8, 4) is 33.7 Å². The fourth-order valence-corrected chi connectivity index (χ4v) is 5.09. The molecule has 12 heteroatoms. The van der Waals surface area contributed by atoms with Gasteiger partial charge in [-0.1, -0.05) is 16.8 Å². The van der Waals surface area contributed by atoms with E-state index in [0.717, 1.165) is 29.8 Å². The van der Waals surface area contributed by atoms with Crippen LogP contribution in [0.3, 0.4) is 0 Å². The normalized spacial score (nSPS) is 13.3. The van der Waals surface area contributed by atoms with Gasteiger partial charge in [-0.25, -0.2) is 28.5 Å². The van der Waals surface area contributed by atoms with Gasteiger partial charge in [0, 0.05) is 46.0 Å². The lowest BCUT2D eigenvalue weighted by molar-refractivity contribution is 0.0695. The van der Waals surface area contributed by atoms with Gasteiger partial charge < -0.3 is 14.4 Å². The molecular weight excluding hydrogens is 544 g/mol. The standard InChI is InChI=1S/C28H22ClF2N5O4/c1-13-24(14(2)40-35-13)17-5-19-20(25-21(29)6-16(28(37)38)7-22(25)39-12-23(30)31)11-36(27(19)34-8-17)18-9-32-26(33-10-18)15-3-4-15/h5-11,15,23H,3-4,12H2,1-2H3,(H,37,38). The summed E-state index contributed by atoms with van der Waals surface area (Å²) in [4.78, 5) is 25.5. The van der Waals surface area contributed by atoms with Crippen LogP contribution in [0.5, 0.6) is 5.75 Å². The summed E-state index contributed by atoms with van der Waals surface area (Å²) in [7, 11) is 0. The lowest BCUT2D eigenvalue weighted by atomic mass is 9.99. The van der Waals surface area contributed by atoms with Crippen LogP contribution < -0.4 is 4.74 Å². The summed E-state index contributed by atoms with van der Waals surface area (Å²) >= 11 is 6.63. The van der Waals surface area contributed by atoms with Crippen molar-refractivity contribution in [2.45, 2.75) is 39.0 Å². The first kappa shape index (κ1) is 25.9. The number of hydrogen-bond acceptors (Lipinski definition) is 7. The van der Waals surface area contributed by atoms with Crippen LogP contribution in [-0.4, -0.2) is 48.8 Å². The molecule has 1 aliphatic rings. The largest absolute Gasteiger partial charge is 0.487 e. The van der Waals surface area contributed by atoms with Crippen molar-refractivity contribution in [1.29, 1.82) is 0 Å². The lowest BCUT2D eigenvalue weighted by Gasteiger charge is -2.14. The molecular formula is C28H22ClF2N5O4. The summed E-state index contributed by atoms with van der Waals surface area (Å²) in [6.45, 7) is 2.67. The molecule has 9 nitrogen and oxygen atoms in total. The highest BCUT2D eigenvalue weighted by atomic mass is 35.5. The average molecular weight is 566 g/mol. The number of aromatic nitrogens is 5. The molecule has 0 bridgehead atoms. The Balaban J connectivity index is 1.60. The number of ether oxygens (including phenoxy) is 1. The molecule has 0 amide bonds. The number of rotatable bonds is 8. The molecule has 4 heterocycles. The fourth-order valence-electron chi connectivity index (χ4n) is 4.78. The lowest BCUT2D eigenvalue weighted by Crippen LogP contribution is -2.09. The zero-order valence-corrected chi connectivity index (χ0v) is 22.1. The van der Waals surface area contributed by atoms with Crippen molar-refractivity contribution in [1.82, 2.24) is 24.7 Å². The average Bonchev–Trinajstić information content (AvgIpc) is 3.64. The van der Waals surface area contributed by atoms with Gasteiger partial charge in [0.25, 0.3) is 6.43 Å². The summed E-state index contributed by atoms with van der Waals surface area (Å²) in [6, 6.07) is 4.32. The van der Waals surface area contributed by atoms with Gasteiger partial charge in [-0.3, -0.25) is 4.57 Å². The van der Waals surface area contributed by atoms with Crippen LogP contribution in [0.15, 0.2) is 47.5 Å². The highest BCUT2D eigenvalue weighted by Gasteiger charge is 2.27. The van der Waals surface area contributed by atoms with Crippen molar-refractivity contribution >= 4 is 28.6 Å². The molecule has 0 atom stereocenters. The number of aromatic carboxylic acids is 1. The zero-order chi connectivity index (χ0) is 28.1. The van der Waals surface area contributed by atoms with Crippen LogP contribution in [0.2, 0.25) is 5.02 Å². The Labute approximate surface area is 231 Å². The summed E-state index contributed by atoms with van der Waals surface area (Å²) in [5.74, 6) is 0.404. The molecule has 1 fully saturated rings. The number of hydrogen-bond donors (Lipinski definition) is 1. The van der Waals surface area contributed by atoms with Crippen molar-refractivity contribution in [2.24, 2.45) is 0 Å². The Kier molecular flexibility index (Phi) is 6.46. The number of carbonyl (C=O) groups is 1. The number of nitrogens with zero attached hydrogens (tertiary/aromatic N) is 5. The summed E-state index contributed by atoms with van der Waals surface area (Å²) < 4.78 is 38.8. The molecule has 40 heavy (non-hydrogen) atoms. The predicted octanol–water partition coefficient (Wildman–Crippen LogP) is 6.63. The summed E-state index contributed by atoms with van der Waals surface area (Å²) in [5, 5.41) is 14.2. The molecule has 4 aromatic heterocycles. The van der Waals surface area contributed by atoms with Crippen molar-refractivity contribution < 1.29 is 27.9 Å². The minimum atomic E-state index is -2.78. The second-order valence-corrected chi connectivity index (χ2v) is 10.0. The molecule has 6 rings (SSSR count).